The Labute approximate surface area is 263 Å². The van der Waals surface area contributed by atoms with E-state index in [0.29, 0.717) is 18.2 Å². The van der Waals surface area contributed by atoms with E-state index in [1.165, 1.54) is 11.3 Å². The van der Waals surface area contributed by atoms with Crippen LogP contribution < -0.4 is 9.62 Å². The maximum absolute atomic E-state index is 12.5. The molecule has 0 radical (unpaired) electrons. The summed E-state index contributed by atoms with van der Waals surface area (Å²) < 4.78 is 27.7. The van der Waals surface area contributed by atoms with Gasteiger partial charge in [0.25, 0.3) is 0 Å². The molecule has 1 aliphatic carbocycles. The number of nitrogens with zero attached hydrogens (tertiary/aromatic N) is 2. The van der Waals surface area contributed by atoms with Crippen LogP contribution in [0.15, 0.2) is 78.9 Å². The SMILES string of the molecule is CC(C)N1CCN(c2ccc(/C(=C(/CCCO)c3ccccc3)c3ccc(NS(=O)(=O)C4CC4)cc3)cc2)CC1.Cl.Cl. The van der Waals surface area contributed by atoms with Crippen molar-refractivity contribution in [2.45, 2.75) is 50.8 Å². The van der Waals surface area contributed by atoms with Gasteiger partial charge in [-0.2, -0.15) is 0 Å². The van der Waals surface area contributed by atoms with E-state index in [4.69, 9.17) is 0 Å². The summed E-state index contributed by atoms with van der Waals surface area (Å²) in [5, 5.41) is 9.45. The highest BCUT2D eigenvalue weighted by molar-refractivity contribution is 7.93. The number of rotatable bonds is 11. The fourth-order valence-corrected chi connectivity index (χ4v) is 6.88. The van der Waals surface area contributed by atoms with Gasteiger partial charge in [-0.15, -0.1) is 24.8 Å². The van der Waals surface area contributed by atoms with Crippen LogP contribution >= 0.6 is 24.8 Å². The summed E-state index contributed by atoms with van der Waals surface area (Å²) in [6.45, 7) is 8.81. The normalized spacial score (nSPS) is 16.3. The summed E-state index contributed by atoms with van der Waals surface area (Å²) in [5.74, 6) is 0. The maximum atomic E-state index is 12.5. The van der Waals surface area contributed by atoms with Crippen molar-refractivity contribution in [2.75, 3.05) is 42.4 Å². The van der Waals surface area contributed by atoms with Crippen LogP contribution in [0.25, 0.3) is 11.1 Å². The fourth-order valence-electron chi connectivity index (χ4n) is 5.49. The Morgan fingerprint density at radius 3 is 1.93 bits per heavy atom. The number of hydrogen-bond acceptors (Lipinski definition) is 5. The Kier molecular flexibility index (Phi) is 12.3. The fraction of sp³-hybridized carbons (Fsp3) is 0.394. The van der Waals surface area contributed by atoms with Crippen LogP contribution in [0.1, 0.15) is 56.2 Å². The standard InChI is InChI=1S/C33H41N3O3S.2ClH/c1-25(2)35-20-22-36(23-21-35)30-16-12-28(13-17-30)33(32(9-6-24-37)26-7-4-3-5-8-26)27-10-14-29(15-11-27)34-40(38,39)31-18-19-31;;/h3-5,7-8,10-17,25,31,34,37H,6,9,18-24H2,1-2H3;2*1H/b33-32-;;. The highest BCUT2D eigenvalue weighted by Gasteiger charge is 2.35. The third kappa shape index (κ3) is 8.29. The molecule has 1 saturated carbocycles. The molecule has 42 heavy (non-hydrogen) atoms. The molecule has 3 aromatic carbocycles. The first-order valence-electron chi connectivity index (χ1n) is 14.5. The van der Waals surface area contributed by atoms with Crippen LogP contribution in [-0.2, 0) is 10.0 Å². The van der Waals surface area contributed by atoms with Crippen molar-refractivity contribution in [3.05, 3.63) is 95.6 Å². The second-order valence-electron chi connectivity index (χ2n) is 11.1. The Bertz CT molecular complexity index is 1400. The maximum Gasteiger partial charge on any atom is 0.235 e. The second-order valence-corrected chi connectivity index (χ2v) is 13.1. The number of halogens is 2. The van der Waals surface area contributed by atoms with Gasteiger partial charge < -0.3 is 10.0 Å². The van der Waals surface area contributed by atoms with Gasteiger partial charge in [0.05, 0.1) is 5.25 Å². The molecular weight excluding hydrogens is 589 g/mol. The number of benzene rings is 3. The van der Waals surface area contributed by atoms with E-state index in [-0.39, 0.29) is 36.7 Å². The summed E-state index contributed by atoms with van der Waals surface area (Å²) in [6, 6.07) is 27.5. The third-order valence-corrected chi connectivity index (χ3v) is 9.84. The van der Waals surface area contributed by atoms with Crippen molar-refractivity contribution < 1.29 is 13.5 Å². The number of nitrogens with one attached hydrogen (secondary N) is 1. The smallest absolute Gasteiger partial charge is 0.235 e. The van der Waals surface area contributed by atoms with Crippen LogP contribution in [0.5, 0.6) is 0 Å². The van der Waals surface area contributed by atoms with Crippen molar-refractivity contribution in [1.29, 1.82) is 0 Å². The molecule has 2 aliphatic rings. The number of aliphatic hydroxyl groups excluding tert-OH is 1. The van der Waals surface area contributed by atoms with E-state index in [0.717, 1.165) is 67.7 Å². The van der Waals surface area contributed by atoms with Gasteiger partial charge in [0.1, 0.15) is 0 Å². The Morgan fingerprint density at radius 1 is 0.833 bits per heavy atom. The average molecular weight is 633 g/mol. The molecule has 0 unspecified atom stereocenters. The number of anilines is 2. The van der Waals surface area contributed by atoms with Gasteiger partial charge >= 0.3 is 0 Å². The lowest BCUT2D eigenvalue weighted by atomic mass is 9.87. The predicted molar refractivity (Wildman–Crippen MR) is 181 cm³/mol. The molecule has 5 rings (SSSR count). The lowest BCUT2D eigenvalue weighted by Crippen LogP contribution is -2.48. The molecule has 0 amide bonds. The summed E-state index contributed by atoms with van der Waals surface area (Å²) in [7, 11) is -3.32. The van der Waals surface area contributed by atoms with E-state index in [1.807, 2.05) is 42.5 Å². The van der Waals surface area contributed by atoms with Gasteiger partial charge in [-0.3, -0.25) is 9.62 Å². The molecule has 1 aliphatic heterocycles. The molecular formula is C33H43Cl2N3O3S. The minimum atomic E-state index is -3.32. The van der Waals surface area contributed by atoms with E-state index < -0.39 is 10.0 Å². The molecule has 1 heterocycles. The summed E-state index contributed by atoms with van der Waals surface area (Å²) in [5.41, 5.74) is 7.33. The van der Waals surface area contributed by atoms with Crippen molar-refractivity contribution in [1.82, 2.24) is 4.90 Å². The molecule has 0 aromatic heterocycles. The Morgan fingerprint density at radius 2 is 1.40 bits per heavy atom. The van der Waals surface area contributed by atoms with Gasteiger partial charge in [0, 0.05) is 50.2 Å². The summed E-state index contributed by atoms with van der Waals surface area (Å²) in [6.07, 6.45) is 2.85. The third-order valence-electron chi connectivity index (χ3n) is 7.97. The molecule has 6 nitrogen and oxygen atoms in total. The van der Waals surface area contributed by atoms with Crippen LogP contribution in [0.4, 0.5) is 11.4 Å². The van der Waals surface area contributed by atoms with Crippen LogP contribution in [0.3, 0.4) is 0 Å². The number of sulfonamides is 1. The van der Waals surface area contributed by atoms with Crippen molar-refractivity contribution in [3.8, 4) is 0 Å². The number of allylic oxidation sites excluding steroid dienone is 1. The van der Waals surface area contributed by atoms with E-state index in [1.54, 1.807) is 0 Å². The van der Waals surface area contributed by atoms with Gasteiger partial charge in [-0.05, 0) is 91.6 Å². The first-order chi connectivity index (χ1) is 19.4. The topological polar surface area (TPSA) is 72.9 Å². The van der Waals surface area contributed by atoms with Crippen molar-refractivity contribution in [2.24, 2.45) is 0 Å². The first-order valence-corrected chi connectivity index (χ1v) is 16.0. The number of hydrogen-bond donors (Lipinski definition) is 2. The molecule has 0 spiro atoms. The number of aliphatic hydroxyl groups is 1. The first kappa shape index (κ1) is 33.9. The van der Waals surface area contributed by atoms with E-state index >= 15 is 0 Å². The predicted octanol–water partition coefficient (Wildman–Crippen LogP) is 6.70. The van der Waals surface area contributed by atoms with Gasteiger partial charge in [-0.1, -0.05) is 54.6 Å². The molecule has 0 atom stereocenters. The van der Waals surface area contributed by atoms with E-state index in [2.05, 4.69) is 64.8 Å². The zero-order valence-electron chi connectivity index (χ0n) is 24.4. The molecule has 2 N–H and O–H groups in total. The van der Waals surface area contributed by atoms with Crippen LogP contribution in [0, 0.1) is 0 Å². The lowest BCUT2D eigenvalue weighted by Gasteiger charge is -2.38. The lowest BCUT2D eigenvalue weighted by molar-refractivity contribution is 0.209. The highest BCUT2D eigenvalue weighted by Crippen LogP contribution is 2.37. The van der Waals surface area contributed by atoms with Gasteiger partial charge in [-0.25, -0.2) is 8.42 Å². The van der Waals surface area contributed by atoms with Crippen molar-refractivity contribution >= 4 is 57.4 Å². The van der Waals surface area contributed by atoms with Crippen LogP contribution in [0.2, 0.25) is 0 Å². The molecule has 1 saturated heterocycles. The highest BCUT2D eigenvalue weighted by atomic mass is 35.5. The van der Waals surface area contributed by atoms with Gasteiger partial charge in [0.2, 0.25) is 10.0 Å². The molecule has 9 heteroatoms. The quantitative estimate of drug-likeness (QED) is 0.231. The average Bonchev–Trinajstić information content (AvgIpc) is 3.83. The van der Waals surface area contributed by atoms with Gasteiger partial charge in [0.15, 0.2) is 0 Å². The largest absolute Gasteiger partial charge is 0.396 e. The summed E-state index contributed by atoms with van der Waals surface area (Å²) in [4.78, 5) is 4.98. The monoisotopic (exact) mass is 631 g/mol. The molecule has 3 aromatic rings. The zero-order valence-corrected chi connectivity index (χ0v) is 26.9. The minimum Gasteiger partial charge on any atom is -0.396 e. The molecule has 2 fully saturated rings. The second kappa shape index (κ2) is 15.3. The molecule has 228 valence electrons. The summed E-state index contributed by atoms with van der Waals surface area (Å²) >= 11 is 0. The number of piperazine rings is 1. The molecule has 0 bridgehead atoms. The minimum absolute atomic E-state index is 0. The van der Waals surface area contributed by atoms with Crippen LogP contribution in [-0.4, -0.2) is 62.5 Å². The zero-order chi connectivity index (χ0) is 28.1. The van der Waals surface area contributed by atoms with E-state index in [9.17, 15) is 13.5 Å². The Hall–Kier alpha value is -2.55. The Balaban J connectivity index is 0.00000242. The van der Waals surface area contributed by atoms with Crippen molar-refractivity contribution in [3.63, 3.8) is 0 Å².